The maximum Gasteiger partial charge on any atom is 0.243 e. The lowest BCUT2D eigenvalue weighted by molar-refractivity contribution is -0.149. The van der Waals surface area contributed by atoms with Crippen molar-refractivity contribution in [3.05, 3.63) is 0 Å². The van der Waals surface area contributed by atoms with Crippen LogP contribution in [0.5, 0.6) is 0 Å². The number of carbonyl (C=O) groups is 3. The summed E-state index contributed by atoms with van der Waals surface area (Å²) in [5.74, 6) is -1.07. The van der Waals surface area contributed by atoms with E-state index in [0.717, 1.165) is 4.90 Å². The second-order valence-electron chi connectivity index (χ2n) is 2.65. The molecule has 13 heavy (non-hydrogen) atoms. The summed E-state index contributed by atoms with van der Waals surface area (Å²) in [7, 11) is 1.46. The van der Waals surface area contributed by atoms with Crippen molar-refractivity contribution in [2.24, 2.45) is 0 Å². The molecule has 1 heterocycles. The number of hydrogen-bond acceptors (Lipinski definition) is 4. The van der Waals surface area contributed by atoms with Crippen LogP contribution in [-0.2, 0) is 14.4 Å². The quantitative estimate of drug-likeness (QED) is 0.474. The molecule has 1 aliphatic heterocycles. The summed E-state index contributed by atoms with van der Waals surface area (Å²) in [5.41, 5.74) is 0. The van der Waals surface area contributed by atoms with Gasteiger partial charge in [-0.2, -0.15) is 0 Å². The van der Waals surface area contributed by atoms with E-state index in [1.807, 2.05) is 0 Å². The fourth-order valence-corrected chi connectivity index (χ4v) is 1.01. The molecule has 72 valence electrons. The van der Waals surface area contributed by atoms with Gasteiger partial charge in [-0.15, -0.1) is 0 Å². The Morgan fingerprint density at radius 2 is 2.00 bits per heavy atom. The molecule has 0 spiro atoms. The Balaban J connectivity index is 2.59. The van der Waals surface area contributed by atoms with Gasteiger partial charge < -0.3 is 5.32 Å². The van der Waals surface area contributed by atoms with Crippen LogP contribution in [0.2, 0.25) is 0 Å². The summed E-state index contributed by atoms with van der Waals surface area (Å²) in [6.45, 7) is 0.0430. The van der Waals surface area contributed by atoms with Crippen molar-refractivity contribution in [1.82, 2.24) is 15.5 Å². The van der Waals surface area contributed by atoms with Crippen LogP contribution < -0.4 is 10.6 Å². The highest BCUT2D eigenvalue weighted by Gasteiger charge is 2.26. The molecule has 0 aromatic heterocycles. The number of carbonyl (C=O) groups excluding carboxylic acids is 3. The van der Waals surface area contributed by atoms with Gasteiger partial charge in [-0.25, -0.2) is 0 Å². The topological polar surface area (TPSA) is 78.5 Å². The van der Waals surface area contributed by atoms with Crippen molar-refractivity contribution in [1.29, 1.82) is 0 Å². The van der Waals surface area contributed by atoms with Crippen LogP contribution in [0.4, 0.5) is 0 Å². The summed E-state index contributed by atoms with van der Waals surface area (Å²) in [5, 5.41) is 4.98. The molecule has 0 aromatic rings. The first-order valence-electron chi connectivity index (χ1n) is 3.89. The van der Waals surface area contributed by atoms with E-state index in [0.29, 0.717) is 0 Å². The lowest BCUT2D eigenvalue weighted by atomic mass is 10.3. The lowest BCUT2D eigenvalue weighted by Crippen LogP contribution is -2.54. The molecule has 0 atom stereocenters. The predicted octanol–water partition coefficient (Wildman–Crippen LogP) is -2.31. The van der Waals surface area contributed by atoms with Crippen LogP contribution in [0.1, 0.15) is 0 Å². The first-order chi connectivity index (χ1) is 6.15. The second-order valence-corrected chi connectivity index (χ2v) is 2.65. The first kappa shape index (κ1) is 9.66. The highest BCUT2D eigenvalue weighted by molar-refractivity contribution is 6.02. The smallest absolute Gasteiger partial charge is 0.243 e. The van der Waals surface area contributed by atoms with E-state index in [1.54, 1.807) is 0 Å². The first-order valence-corrected chi connectivity index (χ1v) is 3.89. The highest BCUT2D eigenvalue weighted by atomic mass is 16.2. The van der Waals surface area contributed by atoms with E-state index >= 15 is 0 Å². The molecular formula is C7H11N3O3. The molecule has 0 saturated carbocycles. The number of nitrogens with zero attached hydrogens (tertiary/aromatic N) is 1. The third kappa shape index (κ3) is 2.25. The minimum atomic E-state index is -0.361. The van der Waals surface area contributed by atoms with Crippen molar-refractivity contribution in [3.8, 4) is 0 Å². The molecule has 6 nitrogen and oxygen atoms in total. The van der Waals surface area contributed by atoms with Gasteiger partial charge in [0.1, 0.15) is 6.54 Å². The van der Waals surface area contributed by atoms with Crippen LogP contribution in [0.3, 0.4) is 0 Å². The summed E-state index contributed by atoms with van der Waals surface area (Å²) in [6.07, 6.45) is 0. The van der Waals surface area contributed by atoms with Gasteiger partial charge in [0.2, 0.25) is 17.7 Å². The SMILES string of the molecule is CNC(=O)CN1C(=O)CNCC1=O. The fraction of sp³-hybridized carbons (Fsp3) is 0.571. The standard InChI is InChI=1S/C7H11N3O3/c1-8-5(11)4-10-6(12)2-9-3-7(10)13/h9H,2-4H2,1H3,(H,8,11). The normalized spacial score (nSPS) is 17.5. The van der Waals surface area contributed by atoms with Crippen molar-refractivity contribution >= 4 is 17.7 Å². The van der Waals surface area contributed by atoms with Gasteiger partial charge in [-0.1, -0.05) is 0 Å². The van der Waals surface area contributed by atoms with Crippen molar-refractivity contribution in [2.45, 2.75) is 0 Å². The Labute approximate surface area is 75.3 Å². The maximum absolute atomic E-state index is 11.1. The molecule has 1 saturated heterocycles. The maximum atomic E-state index is 11.1. The minimum Gasteiger partial charge on any atom is -0.358 e. The molecule has 6 heteroatoms. The molecule has 0 aliphatic carbocycles. The third-order valence-electron chi connectivity index (χ3n) is 1.74. The third-order valence-corrected chi connectivity index (χ3v) is 1.74. The van der Waals surface area contributed by atoms with E-state index in [1.165, 1.54) is 7.05 Å². The summed E-state index contributed by atoms with van der Waals surface area (Å²) < 4.78 is 0. The number of rotatable bonds is 2. The summed E-state index contributed by atoms with van der Waals surface area (Å²) >= 11 is 0. The molecule has 2 N–H and O–H groups in total. The fourth-order valence-electron chi connectivity index (χ4n) is 1.01. The molecule has 0 unspecified atom stereocenters. The summed E-state index contributed by atoms with van der Waals surface area (Å²) in [6, 6.07) is 0. The van der Waals surface area contributed by atoms with Crippen molar-refractivity contribution in [3.63, 3.8) is 0 Å². The van der Waals surface area contributed by atoms with Crippen LogP contribution in [0, 0.1) is 0 Å². The number of piperazine rings is 1. The summed E-state index contributed by atoms with van der Waals surface area (Å²) in [4.78, 5) is 34.1. The van der Waals surface area contributed by atoms with Crippen molar-refractivity contribution < 1.29 is 14.4 Å². The van der Waals surface area contributed by atoms with Gasteiger partial charge in [-0.3, -0.25) is 24.6 Å². The van der Waals surface area contributed by atoms with Gasteiger partial charge in [0, 0.05) is 7.05 Å². The Bertz CT molecular complexity index is 235. The number of nitrogens with one attached hydrogen (secondary N) is 2. The van der Waals surface area contributed by atoms with E-state index in [4.69, 9.17) is 0 Å². The van der Waals surface area contributed by atoms with Crippen molar-refractivity contribution in [2.75, 3.05) is 26.7 Å². The largest absolute Gasteiger partial charge is 0.358 e. The van der Waals surface area contributed by atoms with Gasteiger partial charge in [-0.05, 0) is 0 Å². The van der Waals surface area contributed by atoms with E-state index in [2.05, 4.69) is 10.6 Å². The molecular weight excluding hydrogens is 174 g/mol. The molecule has 1 rings (SSSR count). The number of likely N-dealkylation sites (N-methyl/N-ethyl adjacent to an activating group) is 1. The van der Waals surface area contributed by atoms with Gasteiger partial charge in [0.15, 0.2) is 0 Å². The molecule has 0 aromatic carbocycles. The average Bonchev–Trinajstić information content (AvgIpc) is 2.11. The zero-order valence-electron chi connectivity index (χ0n) is 7.29. The van der Waals surface area contributed by atoms with E-state index < -0.39 is 0 Å². The van der Waals surface area contributed by atoms with E-state index in [9.17, 15) is 14.4 Å². The molecule has 3 amide bonds. The molecule has 0 bridgehead atoms. The average molecular weight is 185 g/mol. The Morgan fingerprint density at radius 3 is 2.46 bits per heavy atom. The van der Waals surface area contributed by atoms with E-state index in [-0.39, 0.29) is 37.4 Å². The van der Waals surface area contributed by atoms with Crippen LogP contribution in [-0.4, -0.2) is 49.3 Å². The second kappa shape index (κ2) is 3.99. The Morgan fingerprint density at radius 1 is 1.46 bits per heavy atom. The van der Waals surface area contributed by atoms with Crippen LogP contribution >= 0.6 is 0 Å². The van der Waals surface area contributed by atoms with Crippen LogP contribution in [0.25, 0.3) is 0 Å². The lowest BCUT2D eigenvalue weighted by Gasteiger charge is -2.24. The Kier molecular flexibility index (Phi) is 2.97. The Hall–Kier alpha value is -1.43. The molecule has 1 aliphatic rings. The minimum absolute atomic E-state index is 0.114. The number of hydrogen-bond donors (Lipinski definition) is 2. The molecule has 0 radical (unpaired) electrons. The van der Waals surface area contributed by atoms with Gasteiger partial charge in [0.25, 0.3) is 0 Å². The van der Waals surface area contributed by atoms with Crippen LogP contribution in [0.15, 0.2) is 0 Å². The number of imide groups is 1. The number of amides is 3. The van der Waals surface area contributed by atoms with Gasteiger partial charge in [0.05, 0.1) is 13.1 Å². The highest BCUT2D eigenvalue weighted by Crippen LogP contribution is 1.95. The van der Waals surface area contributed by atoms with Gasteiger partial charge >= 0.3 is 0 Å². The monoisotopic (exact) mass is 185 g/mol. The zero-order valence-corrected chi connectivity index (χ0v) is 7.29. The zero-order chi connectivity index (χ0) is 9.84. The molecule has 1 fully saturated rings. The predicted molar refractivity (Wildman–Crippen MR) is 43.7 cm³/mol.